The summed E-state index contributed by atoms with van der Waals surface area (Å²) in [6, 6.07) is 0. The maximum absolute atomic E-state index is 11.4. The van der Waals surface area contributed by atoms with E-state index in [0.717, 1.165) is 11.3 Å². The van der Waals surface area contributed by atoms with E-state index in [1.165, 1.54) is 11.6 Å². The van der Waals surface area contributed by atoms with E-state index in [0.29, 0.717) is 0 Å². The molecule has 0 bridgehead atoms. The number of thiazole rings is 1. The summed E-state index contributed by atoms with van der Waals surface area (Å²) in [4.78, 5) is 3.58. The van der Waals surface area contributed by atoms with Crippen LogP contribution < -0.4 is 0 Å². The second-order valence-corrected chi connectivity index (χ2v) is 8.43. The van der Waals surface area contributed by atoms with E-state index >= 15 is 0 Å². The Morgan fingerprint density at radius 2 is 1.93 bits per heavy atom. The fourth-order valence-corrected chi connectivity index (χ4v) is 4.66. The molecule has 1 heterocycles. The van der Waals surface area contributed by atoms with Crippen LogP contribution in [0.3, 0.4) is 0 Å². The minimum Gasteiger partial charge on any atom is -0.234 e. The second-order valence-electron chi connectivity index (χ2n) is 2.36. The van der Waals surface area contributed by atoms with Crippen LogP contribution in [0.15, 0.2) is 15.9 Å². The van der Waals surface area contributed by atoms with Crippen LogP contribution >= 0.6 is 22.0 Å². The molecule has 0 amide bonds. The molecule has 1 rings (SSSR count). The van der Waals surface area contributed by atoms with Crippen molar-refractivity contribution >= 4 is 40.9 Å². The third kappa shape index (κ3) is 3.52. The first-order chi connectivity index (χ1) is 6.31. The first-order valence-electron chi connectivity index (χ1n) is 3.36. The molecule has 0 radical (unpaired) electrons. The summed E-state index contributed by atoms with van der Waals surface area (Å²) >= 11 is 0.943. The standard InChI is InChI=1S/C5H6ClNO4S3/c6-14(10,11)4-3-13(8,9)5-7-1-2-12-5/h1-2H,3-4H2. The molecule has 5 nitrogen and oxygen atoms in total. The molecular weight excluding hydrogens is 270 g/mol. The molecule has 0 saturated heterocycles. The Balaban J connectivity index is 2.80. The summed E-state index contributed by atoms with van der Waals surface area (Å²) in [5.74, 6) is -1.14. The maximum Gasteiger partial charge on any atom is 0.233 e. The van der Waals surface area contributed by atoms with Crippen molar-refractivity contribution in [3.63, 3.8) is 0 Å². The van der Waals surface area contributed by atoms with Gasteiger partial charge in [-0.3, -0.25) is 0 Å². The molecule has 0 spiro atoms. The molecule has 0 aromatic carbocycles. The molecule has 1 aromatic heterocycles. The summed E-state index contributed by atoms with van der Waals surface area (Å²) in [5.41, 5.74) is 0. The van der Waals surface area contributed by atoms with Gasteiger partial charge in [0.05, 0.1) is 11.5 Å². The summed E-state index contributed by atoms with van der Waals surface area (Å²) < 4.78 is 43.7. The third-order valence-corrected chi connectivity index (χ3v) is 5.68. The lowest BCUT2D eigenvalue weighted by Crippen LogP contribution is -2.13. The molecule has 1 aromatic rings. The number of sulfone groups is 1. The van der Waals surface area contributed by atoms with E-state index in [1.54, 1.807) is 0 Å². The molecular formula is C5H6ClNO4S3. The van der Waals surface area contributed by atoms with Crippen molar-refractivity contribution in [3.8, 4) is 0 Å². The van der Waals surface area contributed by atoms with Crippen LogP contribution in [0.4, 0.5) is 0 Å². The van der Waals surface area contributed by atoms with Gasteiger partial charge in [-0.2, -0.15) is 0 Å². The maximum atomic E-state index is 11.4. The van der Waals surface area contributed by atoms with Crippen molar-refractivity contribution in [3.05, 3.63) is 11.6 Å². The van der Waals surface area contributed by atoms with Gasteiger partial charge in [0, 0.05) is 22.3 Å². The zero-order chi connectivity index (χ0) is 10.8. The van der Waals surface area contributed by atoms with Crippen molar-refractivity contribution in [2.24, 2.45) is 0 Å². The summed E-state index contributed by atoms with van der Waals surface area (Å²) in [7, 11) is -2.49. The van der Waals surface area contributed by atoms with Crippen LogP contribution in [-0.4, -0.2) is 33.3 Å². The number of hydrogen-bond donors (Lipinski definition) is 0. The normalized spacial score (nSPS) is 12.9. The molecule has 0 saturated carbocycles. The van der Waals surface area contributed by atoms with E-state index in [9.17, 15) is 16.8 Å². The van der Waals surface area contributed by atoms with Crippen LogP contribution in [0.2, 0.25) is 0 Å². The molecule has 0 atom stereocenters. The number of nitrogens with zero attached hydrogens (tertiary/aromatic N) is 1. The van der Waals surface area contributed by atoms with Gasteiger partial charge in [-0.25, -0.2) is 21.8 Å². The van der Waals surface area contributed by atoms with E-state index in [2.05, 4.69) is 4.98 Å². The lowest BCUT2D eigenvalue weighted by molar-refractivity contribution is 0.592. The first-order valence-corrected chi connectivity index (χ1v) is 8.37. The van der Waals surface area contributed by atoms with Crippen molar-refractivity contribution in [1.82, 2.24) is 4.98 Å². The van der Waals surface area contributed by atoms with Crippen LogP contribution in [0, 0.1) is 0 Å². The summed E-state index contributed by atoms with van der Waals surface area (Å²) in [5, 5.41) is 1.50. The monoisotopic (exact) mass is 275 g/mol. The smallest absolute Gasteiger partial charge is 0.233 e. The lowest BCUT2D eigenvalue weighted by atomic mass is 11.0. The topological polar surface area (TPSA) is 81.2 Å². The zero-order valence-corrected chi connectivity index (χ0v) is 9.96. The number of hydrogen-bond acceptors (Lipinski definition) is 6. The Morgan fingerprint density at radius 3 is 2.36 bits per heavy atom. The largest absolute Gasteiger partial charge is 0.234 e. The molecule has 0 aliphatic heterocycles. The molecule has 0 aliphatic carbocycles. The molecule has 14 heavy (non-hydrogen) atoms. The van der Waals surface area contributed by atoms with Crippen LogP contribution in [0.25, 0.3) is 0 Å². The number of halogens is 1. The minimum atomic E-state index is -3.78. The predicted octanol–water partition coefficient (Wildman–Crippen LogP) is 0.485. The number of rotatable bonds is 4. The highest BCUT2D eigenvalue weighted by molar-refractivity contribution is 8.14. The average molecular weight is 276 g/mol. The van der Waals surface area contributed by atoms with Crippen molar-refractivity contribution < 1.29 is 16.8 Å². The fourth-order valence-electron chi connectivity index (χ4n) is 0.661. The van der Waals surface area contributed by atoms with Crippen LogP contribution in [0.1, 0.15) is 0 Å². The zero-order valence-electron chi connectivity index (χ0n) is 6.75. The van der Waals surface area contributed by atoms with Gasteiger partial charge < -0.3 is 0 Å². The van der Waals surface area contributed by atoms with E-state index in [1.807, 2.05) is 0 Å². The second kappa shape index (κ2) is 4.13. The van der Waals surface area contributed by atoms with Gasteiger partial charge in [0.25, 0.3) is 0 Å². The van der Waals surface area contributed by atoms with Gasteiger partial charge in [-0.1, -0.05) is 0 Å². The number of aromatic nitrogens is 1. The third-order valence-electron chi connectivity index (χ3n) is 1.27. The average Bonchev–Trinajstić information content (AvgIpc) is 2.52. The Morgan fingerprint density at radius 1 is 1.29 bits per heavy atom. The van der Waals surface area contributed by atoms with E-state index in [-0.39, 0.29) is 4.34 Å². The molecule has 0 unspecified atom stereocenters. The highest BCUT2D eigenvalue weighted by Crippen LogP contribution is 2.14. The molecule has 80 valence electrons. The van der Waals surface area contributed by atoms with Crippen LogP contribution in [-0.2, 0) is 18.9 Å². The quantitative estimate of drug-likeness (QED) is 0.747. The van der Waals surface area contributed by atoms with Gasteiger partial charge >= 0.3 is 0 Å². The fraction of sp³-hybridized carbons (Fsp3) is 0.400. The molecule has 0 aliphatic rings. The van der Waals surface area contributed by atoms with E-state index < -0.39 is 30.4 Å². The summed E-state index contributed by atoms with van der Waals surface area (Å²) in [6.45, 7) is 0. The van der Waals surface area contributed by atoms with Crippen molar-refractivity contribution in [1.29, 1.82) is 0 Å². The highest BCUT2D eigenvalue weighted by Gasteiger charge is 2.20. The Labute approximate surface area is 90.1 Å². The highest BCUT2D eigenvalue weighted by atomic mass is 35.7. The van der Waals surface area contributed by atoms with Crippen LogP contribution in [0.5, 0.6) is 0 Å². The van der Waals surface area contributed by atoms with Gasteiger partial charge in [-0.15, -0.1) is 11.3 Å². The Kier molecular flexibility index (Phi) is 3.51. The summed E-state index contributed by atoms with van der Waals surface area (Å²) in [6.07, 6.45) is 1.34. The predicted molar refractivity (Wildman–Crippen MR) is 53.8 cm³/mol. The Hall–Kier alpha value is -0.180. The molecule has 0 N–H and O–H groups in total. The van der Waals surface area contributed by atoms with Crippen molar-refractivity contribution in [2.75, 3.05) is 11.5 Å². The van der Waals surface area contributed by atoms with Gasteiger partial charge in [0.1, 0.15) is 0 Å². The van der Waals surface area contributed by atoms with Gasteiger partial charge in [-0.05, 0) is 0 Å². The van der Waals surface area contributed by atoms with Crippen molar-refractivity contribution in [2.45, 2.75) is 4.34 Å². The minimum absolute atomic E-state index is 0.0854. The SMILES string of the molecule is O=S(=O)(Cl)CCS(=O)(=O)c1nccs1. The Bertz CT molecular complexity index is 489. The van der Waals surface area contributed by atoms with Gasteiger partial charge in [0.15, 0.2) is 0 Å². The first kappa shape index (κ1) is 11.9. The molecule has 0 fully saturated rings. The van der Waals surface area contributed by atoms with Gasteiger partial charge in [0.2, 0.25) is 23.2 Å². The molecule has 9 heteroatoms. The lowest BCUT2D eigenvalue weighted by Gasteiger charge is -1.97. The van der Waals surface area contributed by atoms with E-state index in [4.69, 9.17) is 10.7 Å².